The number of carboxylic acids is 1. The van der Waals surface area contributed by atoms with E-state index in [4.69, 9.17) is 24.7 Å². The van der Waals surface area contributed by atoms with Crippen LogP contribution in [0.25, 0.3) is 0 Å². The quantitative estimate of drug-likeness (QED) is 0.315. The second-order valence-corrected chi connectivity index (χ2v) is 8.42. The van der Waals surface area contributed by atoms with Gasteiger partial charge in [-0.3, -0.25) is 14.4 Å². The molecule has 34 heavy (non-hydrogen) atoms. The Labute approximate surface area is 199 Å². The molecular formula is C24H35NO9. The van der Waals surface area contributed by atoms with Gasteiger partial charge in [-0.25, -0.2) is 4.79 Å². The molecule has 2 atom stereocenters. The van der Waals surface area contributed by atoms with Crippen LogP contribution in [0.4, 0.5) is 4.79 Å². The first-order valence-electron chi connectivity index (χ1n) is 11.3. The number of carbonyl (C=O) groups excluding carboxylic acids is 3. The number of carbonyl (C=O) groups is 4. The van der Waals surface area contributed by atoms with Gasteiger partial charge in [0.05, 0.1) is 6.10 Å². The molecule has 1 aromatic carbocycles. The summed E-state index contributed by atoms with van der Waals surface area (Å²) in [5.74, 6) is -2.25. The van der Waals surface area contributed by atoms with Gasteiger partial charge in [0.2, 0.25) is 0 Å². The molecule has 3 N–H and O–H groups in total. The first kappa shape index (κ1) is 28.9. The fraction of sp³-hybridized carbons (Fsp3) is 0.583. The second kappa shape index (κ2) is 13.5. The molecule has 0 fully saturated rings. The van der Waals surface area contributed by atoms with E-state index in [1.807, 2.05) is 13.8 Å². The summed E-state index contributed by atoms with van der Waals surface area (Å²) in [5.41, 5.74) is 4.81. The predicted octanol–water partition coefficient (Wildman–Crippen LogP) is 3.76. The van der Waals surface area contributed by atoms with E-state index in [0.29, 0.717) is 18.4 Å². The van der Waals surface area contributed by atoms with Gasteiger partial charge in [-0.1, -0.05) is 19.9 Å². The number of esters is 2. The van der Waals surface area contributed by atoms with Crippen molar-refractivity contribution >= 4 is 24.1 Å². The van der Waals surface area contributed by atoms with Crippen molar-refractivity contribution in [3.63, 3.8) is 0 Å². The van der Waals surface area contributed by atoms with Crippen LogP contribution in [0.5, 0.6) is 11.5 Å². The van der Waals surface area contributed by atoms with Crippen molar-refractivity contribution in [3.05, 3.63) is 23.8 Å². The third-order valence-electron chi connectivity index (χ3n) is 4.59. The van der Waals surface area contributed by atoms with E-state index in [-0.39, 0.29) is 43.3 Å². The van der Waals surface area contributed by atoms with Gasteiger partial charge in [-0.2, -0.15) is 0 Å². The summed E-state index contributed by atoms with van der Waals surface area (Å²) >= 11 is 0. The lowest BCUT2D eigenvalue weighted by atomic mass is 9.86. The smallest absolute Gasteiger partial charge is 0.480 e. The number of carboxylic acid groups (broad SMARTS) is 1. The first-order valence-corrected chi connectivity index (χ1v) is 11.3. The highest BCUT2D eigenvalue weighted by Gasteiger charge is 2.37. The van der Waals surface area contributed by atoms with E-state index in [2.05, 4.69) is 0 Å². The van der Waals surface area contributed by atoms with Crippen LogP contribution in [0.3, 0.4) is 0 Å². The lowest BCUT2D eigenvalue weighted by Crippen LogP contribution is -2.52. The highest BCUT2D eigenvalue weighted by molar-refractivity contribution is 5.79. The summed E-state index contributed by atoms with van der Waals surface area (Å²) in [4.78, 5) is 47.7. The van der Waals surface area contributed by atoms with E-state index < -0.39 is 35.7 Å². The van der Waals surface area contributed by atoms with Gasteiger partial charge in [0, 0.05) is 25.7 Å². The summed E-state index contributed by atoms with van der Waals surface area (Å²) < 4.78 is 20.7. The van der Waals surface area contributed by atoms with Crippen LogP contribution in [-0.4, -0.2) is 46.9 Å². The topological polar surface area (TPSA) is 151 Å². The van der Waals surface area contributed by atoms with Gasteiger partial charge in [0.15, 0.2) is 11.5 Å². The van der Waals surface area contributed by atoms with Crippen molar-refractivity contribution in [2.24, 2.45) is 5.73 Å². The van der Waals surface area contributed by atoms with E-state index in [1.54, 1.807) is 13.8 Å². The van der Waals surface area contributed by atoms with Crippen LogP contribution < -0.4 is 15.2 Å². The first-order chi connectivity index (χ1) is 15.9. The molecule has 0 amide bonds. The Balaban J connectivity index is 3.12. The molecule has 0 bridgehead atoms. The van der Waals surface area contributed by atoms with Crippen LogP contribution in [0.1, 0.15) is 72.3 Å². The Morgan fingerprint density at radius 2 is 1.50 bits per heavy atom. The predicted molar refractivity (Wildman–Crippen MR) is 123 cm³/mol. The number of hydrogen-bond acceptors (Lipinski definition) is 9. The zero-order valence-corrected chi connectivity index (χ0v) is 20.4. The molecule has 1 unspecified atom stereocenters. The van der Waals surface area contributed by atoms with Crippen LogP contribution in [-0.2, 0) is 30.3 Å². The largest absolute Gasteiger partial charge is 0.508 e. The van der Waals surface area contributed by atoms with Crippen LogP contribution in [0.2, 0.25) is 0 Å². The Morgan fingerprint density at radius 1 is 0.941 bits per heavy atom. The molecule has 0 aromatic heterocycles. The molecule has 0 aliphatic heterocycles. The Morgan fingerprint density at radius 3 is 2.00 bits per heavy atom. The monoisotopic (exact) mass is 481 g/mol. The summed E-state index contributed by atoms with van der Waals surface area (Å²) in [7, 11) is 0. The third kappa shape index (κ3) is 9.78. The lowest BCUT2D eigenvalue weighted by molar-refractivity contribution is -0.145. The number of nitrogens with two attached hydrogens (primary N) is 1. The lowest BCUT2D eigenvalue weighted by Gasteiger charge is -2.28. The van der Waals surface area contributed by atoms with Crippen molar-refractivity contribution < 1.29 is 43.2 Å². The number of aliphatic carboxylic acids is 1. The summed E-state index contributed by atoms with van der Waals surface area (Å²) in [6.45, 7) is 8.47. The van der Waals surface area contributed by atoms with Crippen LogP contribution in [0, 0.1) is 0 Å². The third-order valence-corrected chi connectivity index (χ3v) is 4.59. The van der Waals surface area contributed by atoms with Gasteiger partial charge < -0.3 is 29.8 Å². The van der Waals surface area contributed by atoms with E-state index >= 15 is 0 Å². The zero-order valence-electron chi connectivity index (χ0n) is 20.4. The van der Waals surface area contributed by atoms with E-state index in [9.17, 15) is 24.3 Å². The minimum Gasteiger partial charge on any atom is -0.480 e. The summed E-state index contributed by atoms with van der Waals surface area (Å²) in [5, 5.41) is 9.79. The van der Waals surface area contributed by atoms with Crippen molar-refractivity contribution in [2.45, 2.75) is 90.9 Å². The maximum atomic E-state index is 12.1. The highest BCUT2D eigenvalue weighted by Crippen LogP contribution is 2.31. The number of hydrogen-bond donors (Lipinski definition) is 2. The Hall–Kier alpha value is -3.14. The molecule has 0 heterocycles. The van der Waals surface area contributed by atoms with Gasteiger partial charge in [-0.05, 0) is 51.3 Å². The fourth-order valence-electron chi connectivity index (χ4n) is 3.12. The average Bonchev–Trinajstić information content (AvgIpc) is 2.69. The molecular weight excluding hydrogens is 446 g/mol. The second-order valence-electron chi connectivity index (χ2n) is 8.42. The van der Waals surface area contributed by atoms with E-state index in [0.717, 1.165) is 0 Å². The molecule has 0 spiro atoms. The minimum absolute atomic E-state index is 0.00190. The molecule has 1 aromatic rings. The molecule has 0 saturated heterocycles. The molecule has 0 aliphatic rings. The Bertz CT molecular complexity index is 868. The maximum Gasteiger partial charge on any atom is 0.508 e. The van der Waals surface area contributed by atoms with Crippen molar-refractivity contribution in [1.29, 1.82) is 0 Å². The molecule has 0 saturated carbocycles. The minimum atomic E-state index is -1.80. The SMILES string of the molecule is CCCC(=O)Oc1ccc(CC(N)(C[C@H](C)OC(=O)OC(C)C)C(=O)O)cc1OC(=O)CCC. The van der Waals surface area contributed by atoms with Gasteiger partial charge in [-0.15, -0.1) is 0 Å². The average molecular weight is 482 g/mol. The van der Waals surface area contributed by atoms with Crippen LogP contribution >= 0.6 is 0 Å². The normalized spacial score (nSPS) is 13.5. The van der Waals surface area contributed by atoms with Crippen LogP contribution in [0.15, 0.2) is 18.2 Å². The molecule has 0 aliphatic carbocycles. The number of rotatable bonds is 13. The van der Waals surface area contributed by atoms with Gasteiger partial charge >= 0.3 is 24.1 Å². The standard InChI is InChI=1S/C24H35NO9/c1-6-8-20(26)33-18-11-10-17(12-19(18)34-21(27)9-7-2)14-24(25,22(28)29)13-16(5)32-23(30)31-15(3)4/h10-12,15-16H,6-9,13-14,25H2,1-5H3,(H,28,29)/t16-,24?/m0/s1. The van der Waals surface area contributed by atoms with Gasteiger partial charge in [0.1, 0.15) is 11.6 Å². The highest BCUT2D eigenvalue weighted by atomic mass is 16.7. The van der Waals surface area contributed by atoms with Crippen molar-refractivity contribution in [3.8, 4) is 11.5 Å². The van der Waals surface area contributed by atoms with Gasteiger partial charge in [0.25, 0.3) is 0 Å². The number of benzene rings is 1. The Kier molecular flexibility index (Phi) is 11.5. The zero-order chi connectivity index (χ0) is 25.9. The summed E-state index contributed by atoms with van der Waals surface area (Å²) in [6.07, 6.45) is -1.03. The fourth-order valence-corrected chi connectivity index (χ4v) is 3.12. The molecule has 1 rings (SSSR count). The van der Waals surface area contributed by atoms with Crippen molar-refractivity contribution in [2.75, 3.05) is 0 Å². The summed E-state index contributed by atoms with van der Waals surface area (Å²) in [6, 6.07) is 4.39. The molecule has 190 valence electrons. The number of ether oxygens (including phenoxy) is 4. The molecule has 10 heteroatoms. The maximum absolute atomic E-state index is 12.1. The van der Waals surface area contributed by atoms with E-state index in [1.165, 1.54) is 25.1 Å². The molecule has 10 nitrogen and oxygen atoms in total. The molecule has 0 radical (unpaired) electrons. The van der Waals surface area contributed by atoms with Crippen molar-refractivity contribution in [1.82, 2.24) is 0 Å².